The third-order valence-corrected chi connectivity index (χ3v) is 2.77. The van der Waals surface area contributed by atoms with Crippen LogP contribution in [0.1, 0.15) is 16.1 Å². The molecule has 6 heteroatoms. The highest BCUT2D eigenvalue weighted by Crippen LogP contribution is 2.22. The second kappa shape index (κ2) is 6.60. The number of aromatic nitrogens is 1. The Kier molecular flexibility index (Phi) is 4.61. The maximum atomic E-state index is 11.1. The van der Waals surface area contributed by atoms with E-state index < -0.39 is 5.97 Å². The molecule has 0 aliphatic heterocycles. The Morgan fingerprint density at radius 3 is 2.62 bits per heavy atom. The highest BCUT2D eigenvalue weighted by Gasteiger charge is 2.11. The lowest BCUT2D eigenvalue weighted by atomic mass is 10.2. The predicted molar refractivity (Wildman–Crippen MR) is 75.1 cm³/mol. The van der Waals surface area contributed by atoms with Crippen molar-refractivity contribution in [3.8, 4) is 17.4 Å². The van der Waals surface area contributed by atoms with Gasteiger partial charge < -0.3 is 19.3 Å². The second-order valence-electron chi connectivity index (χ2n) is 4.13. The number of carboxylic acid groups (broad SMARTS) is 1. The summed E-state index contributed by atoms with van der Waals surface area (Å²) in [6, 6.07) is 9.78. The molecule has 0 aliphatic rings. The molecule has 1 aromatic carbocycles. The van der Waals surface area contributed by atoms with Crippen molar-refractivity contribution in [1.29, 1.82) is 0 Å². The van der Waals surface area contributed by atoms with Gasteiger partial charge in [-0.05, 0) is 12.1 Å². The van der Waals surface area contributed by atoms with Gasteiger partial charge in [-0.25, -0.2) is 9.78 Å². The second-order valence-corrected chi connectivity index (χ2v) is 4.13. The van der Waals surface area contributed by atoms with E-state index in [2.05, 4.69) is 4.98 Å². The molecule has 0 saturated carbocycles. The van der Waals surface area contributed by atoms with Gasteiger partial charge in [0.1, 0.15) is 23.7 Å². The SMILES string of the molecule is COc1cc(COc2ccccc2C(=O)O)nc(OC)c1. The normalized spacial score (nSPS) is 10.0. The molecule has 0 amide bonds. The summed E-state index contributed by atoms with van der Waals surface area (Å²) in [5, 5.41) is 9.09. The standard InChI is InChI=1S/C15H15NO5/c1-19-11-7-10(16-14(8-11)20-2)9-21-13-6-4-3-5-12(13)15(17)18/h3-8H,9H2,1-2H3,(H,17,18). The van der Waals surface area contributed by atoms with Crippen molar-refractivity contribution in [1.82, 2.24) is 4.98 Å². The van der Waals surface area contributed by atoms with Gasteiger partial charge in [0, 0.05) is 12.1 Å². The summed E-state index contributed by atoms with van der Waals surface area (Å²) < 4.78 is 15.7. The van der Waals surface area contributed by atoms with Gasteiger partial charge in [0.15, 0.2) is 0 Å². The van der Waals surface area contributed by atoms with Gasteiger partial charge in [-0.3, -0.25) is 0 Å². The first-order valence-corrected chi connectivity index (χ1v) is 6.18. The van der Waals surface area contributed by atoms with E-state index in [0.717, 1.165) is 0 Å². The fourth-order valence-electron chi connectivity index (χ4n) is 1.75. The molecule has 0 saturated heterocycles. The van der Waals surface area contributed by atoms with Crippen molar-refractivity contribution >= 4 is 5.97 Å². The summed E-state index contributed by atoms with van der Waals surface area (Å²) in [5.41, 5.74) is 0.679. The Balaban J connectivity index is 2.18. The summed E-state index contributed by atoms with van der Waals surface area (Å²) in [4.78, 5) is 15.3. The summed E-state index contributed by atoms with van der Waals surface area (Å²) in [7, 11) is 3.05. The summed E-state index contributed by atoms with van der Waals surface area (Å²) in [6.07, 6.45) is 0. The Labute approximate surface area is 121 Å². The van der Waals surface area contributed by atoms with E-state index in [9.17, 15) is 4.79 Å². The Morgan fingerprint density at radius 1 is 1.19 bits per heavy atom. The van der Waals surface area contributed by atoms with Crippen molar-refractivity contribution in [3.63, 3.8) is 0 Å². The first kappa shape index (κ1) is 14.6. The largest absolute Gasteiger partial charge is 0.496 e. The van der Waals surface area contributed by atoms with Crippen LogP contribution in [0.4, 0.5) is 0 Å². The van der Waals surface area contributed by atoms with Crippen LogP contribution in [0.15, 0.2) is 36.4 Å². The minimum Gasteiger partial charge on any atom is -0.496 e. The lowest BCUT2D eigenvalue weighted by Crippen LogP contribution is -2.05. The van der Waals surface area contributed by atoms with E-state index >= 15 is 0 Å². The van der Waals surface area contributed by atoms with Crippen molar-refractivity contribution in [2.24, 2.45) is 0 Å². The van der Waals surface area contributed by atoms with Crippen LogP contribution in [0.25, 0.3) is 0 Å². The molecule has 0 fully saturated rings. The molecule has 0 aliphatic carbocycles. The number of rotatable bonds is 6. The van der Waals surface area contributed by atoms with Gasteiger partial charge >= 0.3 is 5.97 Å². The van der Waals surface area contributed by atoms with E-state index in [1.807, 2.05) is 0 Å². The molecule has 21 heavy (non-hydrogen) atoms. The number of pyridine rings is 1. The minimum absolute atomic E-state index is 0.104. The van der Waals surface area contributed by atoms with Gasteiger partial charge in [0.05, 0.1) is 19.9 Å². The number of ether oxygens (including phenoxy) is 3. The maximum absolute atomic E-state index is 11.1. The molecule has 0 atom stereocenters. The highest BCUT2D eigenvalue weighted by molar-refractivity contribution is 5.90. The van der Waals surface area contributed by atoms with Gasteiger partial charge in [-0.1, -0.05) is 12.1 Å². The molecule has 2 rings (SSSR count). The number of para-hydroxylation sites is 1. The maximum Gasteiger partial charge on any atom is 0.339 e. The number of aromatic carboxylic acids is 1. The zero-order valence-electron chi connectivity index (χ0n) is 11.7. The Bertz CT molecular complexity index is 619. The molecular weight excluding hydrogens is 274 g/mol. The van der Waals surface area contributed by atoms with E-state index in [1.165, 1.54) is 13.2 Å². The molecule has 110 valence electrons. The number of hydrogen-bond donors (Lipinski definition) is 1. The van der Waals surface area contributed by atoms with Crippen molar-refractivity contribution in [2.45, 2.75) is 6.61 Å². The highest BCUT2D eigenvalue weighted by atomic mass is 16.5. The molecule has 1 aromatic heterocycles. The van der Waals surface area contributed by atoms with Crippen LogP contribution >= 0.6 is 0 Å². The van der Waals surface area contributed by atoms with E-state index in [-0.39, 0.29) is 17.9 Å². The number of carbonyl (C=O) groups is 1. The quantitative estimate of drug-likeness (QED) is 0.879. The molecule has 0 bridgehead atoms. The lowest BCUT2D eigenvalue weighted by Gasteiger charge is -2.10. The zero-order valence-corrected chi connectivity index (χ0v) is 11.7. The monoisotopic (exact) mass is 289 g/mol. The summed E-state index contributed by atoms with van der Waals surface area (Å²) in [6.45, 7) is 0.109. The predicted octanol–water partition coefficient (Wildman–Crippen LogP) is 2.38. The van der Waals surface area contributed by atoms with E-state index in [4.69, 9.17) is 19.3 Å². The fourth-order valence-corrected chi connectivity index (χ4v) is 1.75. The number of hydrogen-bond acceptors (Lipinski definition) is 5. The van der Waals surface area contributed by atoms with Gasteiger partial charge in [0.2, 0.25) is 5.88 Å². The van der Waals surface area contributed by atoms with Crippen molar-refractivity contribution in [3.05, 3.63) is 47.7 Å². The third kappa shape index (κ3) is 3.62. The first-order chi connectivity index (χ1) is 10.1. The smallest absolute Gasteiger partial charge is 0.339 e. The van der Waals surface area contributed by atoms with Crippen LogP contribution in [0, 0.1) is 0 Å². The first-order valence-electron chi connectivity index (χ1n) is 6.18. The van der Waals surface area contributed by atoms with Gasteiger partial charge in [-0.15, -0.1) is 0 Å². The van der Waals surface area contributed by atoms with Crippen LogP contribution in [-0.2, 0) is 6.61 Å². The average molecular weight is 289 g/mol. The van der Waals surface area contributed by atoms with E-state index in [0.29, 0.717) is 17.3 Å². The molecule has 2 aromatic rings. The van der Waals surface area contributed by atoms with Crippen LogP contribution in [0.5, 0.6) is 17.4 Å². The van der Waals surface area contributed by atoms with Crippen molar-refractivity contribution in [2.75, 3.05) is 14.2 Å². The van der Waals surface area contributed by atoms with Gasteiger partial charge in [0.25, 0.3) is 0 Å². The van der Waals surface area contributed by atoms with Crippen LogP contribution in [0.2, 0.25) is 0 Å². The molecule has 0 unspecified atom stereocenters. The number of methoxy groups -OCH3 is 2. The average Bonchev–Trinajstić information content (AvgIpc) is 2.52. The van der Waals surface area contributed by atoms with Gasteiger partial charge in [-0.2, -0.15) is 0 Å². The summed E-state index contributed by atoms with van der Waals surface area (Å²) >= 11 is 0. The molecule has 1 N–H and O–H groups in total. The van der Waals surface area contributed by atoms with Crippen LogP contribution < -0.4 is 14.2 Å². The number of benzene rings is 1. The minimum atomic E-state index is -1.04. The number of carboxylic acids is 1. The zero-order chi connectivity index (χ0) is 15.2. The lowest BCUT2D eigenvalue weighted by molar-refractivity contribution is 0.0691. The fraction of sp³-hybridized carbons (Fsp3) is 0.200. The molecular formula is C15H15NO5. The van der Waals surface area contributed by atoms with Crippen LogP contribution in [-0.4, -0.2) is 30.3 Å². The molecule has 0 spiro atoms. The topological polar surface area (TPSA) is 77.9 Å². The third-order valence-electron chi connectivity index (χ3n) is 2.77. The summed E-state index contributed by atoms with van der Waals surface area (Å²) in [5.74, 6) is 0.238. The Morgan fingerprint density at radius 2 is 1.95 bits per heavy atom. The number of nitrogens with zero attached hydrogens (tertiary/aromatic N) is 1. The van der Waals surface area contributed by atoms with Crippen molar-refractivity contribution < 1.29 is 24.1 Å². The van der Waals surface area contributed by atoms with Crippen LogP contribution in [0.3, 0.4) is 0 Å². The molecule has 0 radical (unpaired) electrons. The van der Waals surface area contributed by atoms with E-state index in [1.54, 1.807) is 37.4 Å². The molecule has 1 heterocycles. The Hall–Kier alpha value is -2.76. The molecule has 6 nitrogen and oxygen atoms in total.